The fourth-order valence-electron chi connectivity index (χ4n) is 1.43. The number of rotatable bonds is 3. The smallest absolute Gasteiger partial charge is 0.185 e. The quantitative estimate of drug-likeness (QED) is 0.480. The summed E-state index contributed by atoms with van der Waals surface area (Å²) in [7, 11) is 0. The van der Waals surface area contributed by atoms with Crippen LogP contribution in [-0.2, 0) is 22.4 Å². The molecule has 0 aliphatic heterocycles. The molecule has 0 N–H and O–H groups in total. The van der Waals surface area contributed by atoms with Gasteiger partial charge in [0.2, 0.25) is 0 Å². The van der Waals surface area contributed by atoms with Crippen molar-refractivity contribution in [1.82, 2.24) is 0 Å². The maximum Gasteiger partial charge on any atom is 0.185 e. The molecule has 0 bridgehead atoms. The number of benzene rings is 2. The molecular weight excluding hydrogens is 304 g/mol. The van der Waals surface area contributed by atoms with Gasteiger partial charge in [-0.25, -0.2) is 0 Å². The van der Waals surface area contributed by atoms with Gasteiger partial charge in [0.15, 0.2) is 5.78 Å². The summed E-state index contributed by atoms with van der Waals surface area (Å²) in [6.45, 7) is 0. The minimum Gasteiger partial charge on any atom is -0.289 e. The molecule has 2 heteroatoms. The molecule has 0 unspecified atom stereocenters. The molecule has 17 heavy (non-hydrogen) atoms. The Kier molecular flexibility index (Phi) is 5.64. The van der Waals surface area contributed by atoms with E-state index in [0.717, 1.165) is 11.1 Å². The number of allylic oxidation sites excluding steroid dienone is 1. The minimum absolute atomic E-state index is 0. The average Bonchev–Trinajstić information content (AvgIpc) is 2.38. The van der Waals surface area contributed by atoms with Crippen molar-refractivity contribution in [3.8, 4) is 0 Å². The largest absolute Gasteiger partial charge is 0.289 e. The molecule has 0 atom stereocenters. The molecule has 0 heterocycles. The summed E-state index contributed by atoms with van der Waals surface area (Å²) in [6.07, 6.45) is 3.43. The first kappa shape index (κ1) is 13.7. The topological polar surface area (TPSA) is 17.1 Å². The molecule has 1 radical (unpaired) electrons. The second kappa shape index (κ2) is 7.02. The van der Waals surface area contributed by atoms with E-state index in [-0.39, 0.29) is 28.2 Å². The maximum atomic E-state index is 11.7. The summed E-state index contributed by atoms with van der Waals surface area (Å²) in [5.41, 5.74) is 1.75. The van der Waals surface area contributed by atoms with Crippen molar-refractivity contribution in [2.45, 2.75) is 0 Å². The zero-order valence-electron chi connectivity index (χ0n) is 9.14. The third kappa shape index (κ3) is 4.16. The van der Waals surface area contributed by atoms with Gasteiger partial charge in [0.25, 0.3) is 0 Å². The fourth-order valence-corrected chi connectivity index (χ4v) is 1.43. The van der Waals surface area contributed by atoms with Crippen molar-refractivity contribution in [2.75, 3.05) is 0 Å². The van der Waals surface area contributed by atoms with E-state index in [1.165, 1.54) is 0 Å². The summed E-state index contributed by atoms with van der Waals surface area (Å²) in [6, 6.07) is 19.1. The van der Waals surface area contributed by atoms with Crippen LogP contribution in [0.3, 0.4) is 0 Å². The molecule has 0 saturated carbocycles. The van der Waals surface area contributed by atoms with E-state index in [1.54, 1.807) is 6.08 Å². The van der Waals surface area contributed by atoms with Gasteiger partial charge in [-0.05, 0) is 11.6 Å². The van der Waals surface area contributed by atoms with Gasteiger partial charge in [-0.1, -0.05) is 66.7 Å². The van der Waals surface area contributed by atoms with E-state index in [2.05, 4.69) is 0 Å². The van der Waals surface area contributed by atoms with Crippen LogP contribution < -0.4 is 0 Å². The Labute approximate surface area is 117 Å². The van der Waals surface area contributed by atoms with E-state index >= 15 is 0 Å². The van der Waals surface area contributed by atoms with Gasteiger partial charge in [0, 0.05) is 27.9 Å². The van der Waals surface area contributed by atoms with E-state index in [4.69, 9.17) is 0 Å². The molecule has 2 aromatic carbocycles. The van der Waals surface area contributed by atoms with Crippen LogP contribution in [0, 0.1) is 0 Å². The van der Waals surface area contributed by atoms with E-state index in [0.29, 0.717) is 0 Å². The first-order chi connectivity index (χ1) is 7.86. The van der Waals surface area contributed by atoms with Gasteiger partial charge >= 0.3 is 0 Å². The molecule has 2 rings (SSSR count). The summed E-state index contributed by atoms with van der Waals surface area (Å²) in [5, 5.41) is 0. The zero-order valence-corrected chi connectivity index (χ0v) is 10.6. The fraction of sp³-hybridized carbons (Fsp3) is 0. The number of ketones is 1. The molecule has 0 saturated heterocycles. The molecule has 0 aliphatic rings. The standard InChI is InChI=1S/C15H12O.Ag/c16-15(14-9-5-2-6-10-14)12-11-13-7-3-1-4-8-13;/h1-12H;/b12-11+;. The first-order valence-electron chi connectivity index (χ1n) is 5.19. The number of hydrogen-bond donors (Lipinski definition) is 0. The van der Waals surface area contributed by atoms with Crippen LogP contribution in [0.1, 0.15) is 15.9 Å². The number of carbonyl (C=O) groups excluding carboxylic acids is 1. The van der Waals surface area contributed by atoms with Gasteiger partial charge in [-0.15, -0.1) is 0 Å². The summed E-state index contributed by atoms with van der Waals surface area (Å²) >= 11 is 0. The van der Waals surface area contributed by atoms with Crippen molar-refractivity contribution in [3.05, 3.63) is 77.9 Å². The molecule has 0 spiro atoms. The van der Waals surface area contributed by atoms with Crippen molar-refractivity contribution < 1.29 is 27.2 Å². The van der Waals surface area contributed by atoms with E-state index < -0.39 is 0 Å². The minimum atomic E-state index is 0. The molecule has 2 aromatic rings. The Morgan fingerprint density at radius 3 is 1.94 bits per heavy atom. The van der Waals surface area contributed by atoms with Crippen LogP contribution in [0.2, 0.25) is 0 Å². The average molecular weight is 316 g/mol. The van der Waals surface area contributed by atoms with Crippen LogP contribution >= 0.6 is 0 Å². The van der Waals surface area contributed by atoms with Gasteiger partial charge < -0.3 is 0 Å². The normalized spacial score (nSPS) is 9.88. The van der Waals surface area contributed by atoms with Gasteiger partial charge in [-0.2, -0.15) is 0 Å². The molecule has 1 nitrogen and oxygen atoms in total. The third-order valence-corrected chi connectivity index (χ3v) is 2.29. The van der Waals surface area contributed by atoms with Crippen molar-refractivity contribution in [1.29, 1.82) is 0 Å². The van der Waals surface area contributed by atoms with Gasteiger partial charge in [0.1, 0.15) is 0 Å². The van der Waals surface area contributed by atoms with Crippen molar-refractivity contribution in [2.24, 2.45) is 0 Å². The molecule has 0 fully saturated rings. The number of hydrogen-bond acceptors (Lipinski definition) is 1. The van der Waals surface area contributed by atoms with Gasteiger partial charge in [-0.3, -0.25) is 4.79 Å². The molecule has 0 aromatic heterocycles. The van der Waals surface area contributed by atoms with Crippen LogP contribution in [0.5, 0.6) is 0 Å². The van der Waals surface area contributed by atoms with Crippen molar-refractivity contribution in [3.63, 3.8) is 0 Å². The van der Waals surface area contributed by atoms with Crippen LogP contribution in [0.25, 0.3) is 6.08 Å². The van der Waals surface area contributed by atoms with E-state index in [1.807, 2.05) is 66.7 Å². The molecular formula is C15H12AgO. The predicted octanol–water partition coefficient (Wildman–Crippen LogP) is 3.58. The Morgan fingerprint density at radius 2 is 1.35 bits per heavy atom. The van der Waals surface area contributed by atoms with Gasteiger partial charge in [0.05, 0.1) is 0 Å². The van der Waals surface area contributed by atoms with Crippen LogP contribution in [-0.4, -0.2) is 5.78 Å². The van der Waals surface area contributed by atoms with Crippen LogP contribution in [0.4, 0.5) is 0 Å². The Balaban J connectivity index is 0.00000144. The Hall–Kier alpha value is -1.41. The Morgan fingerprint density at radius 1 is 0.824 bits per heavy atom. The second-order valence-electron chi connectivity index (χ2n) is 3.47. The summed E-state index contributed by atoms with van der Waals surface area (Å²) in [5.74, 6) is 0.0319. The molecule has 89 valence electrons. The zero-order chi connectivity index (χ0) is 11.2. The SMILES string of the molecule is O=C(/C=C/c1ccccc1)c1ccccc1.[Ag]. The summed E-state index contributed by atoms with van der Waals surface area (Å²) < 4.78 is 0. The maximum absolute atomic E-state index is 11.7. The summed E-state index contributed by atoms with van der Waals surface area (Å²) in [4.78, 5) is 11.7. The first-order valence-corrected chi connectivity index (χ1v) is 5.19. The molecule has 0 amide bonds. The van der Waals surface area contributed by atoms with E-state index in [9.17, 15) is 4.79 Å². The monoisotopic (exact) mass is 315 g/mol. The van der Waals surface area contributed by atoms with Crippen molar-refractivity contribution >= 4 is 11.9 Å². The van der Waals surface area contributed by atoms with Crippen LogP contribution in [0.15, 0.2) is 66.7 Å². The second-order valence-corrected chi connectivity index (χ2v) is 3.47. The third-order valence-electron chi connectivity index (χ3n) is 2.29. The number of carbonyl (C=O) groups is 1. The molecule has 0 aliphatic carbocycles. The predicted molar refractivity (Wildman–Crippen MR) is 66.2 cm³/mol. The Bertz CT molecular complexity index is 489.